The normalized spacial score (nSPS) is 10.3. The summed E-state index contributed by atoms with van der Waals surface area (Å²) in [7, 11) is 0. The number of aromatic nitrogens is 2. The number of carbonyl (C=O) groups is 1. The minimum absolute atomic E-state index is 0.145. The van der Waals surface area contributed by atoms with Gasteiger partial charge in [0, 0.05) is 30.7 Å². The van der Waals surface area contributed by atoms with Gasteiger partial charge in [-0.3, -0.25) is 14.8 Å². The van der Waals surface area contributed by atoms with Crippen molar-refractivity contribution in [2.24, 2.45) is 0 Å². The van der Waals surface area contributed by atoms with Gasteiger partial charge in [0.05, 0.1) is 5.69 Å². The van der Waals surface area contributed by atoms with E-state index in [1.807, 2.05) is 24.3 Å². The van der Waals surface area contributed by atoms with Crippen LogP contribution in [-0.2, 0) is 11.3 Å². The van der Waals surface area contributed by atoms with E-state index in [9.17, 15) is 9.18 Å². The van der Waals surface area contributed by atoms with Crippen LogP contribution in [0.1, 0.15) is 5.56 Å². The molecule has 0 bridgehead atoms. The summed E-state index contributed by atoms with van der Waals surface area (Å²) in [6, 6.07) is 13.0. The Kier molecular flexibility index (Phi) is 5.31. The number of pyridine rings is 2. The van der Waals surface area contributed by atoms with Crippen LogP contribution in [-0.4, -0.2) is 22.5 Å². The van der Waals surface area contributed by atoms with Crippen LogP contribution in [0.4, 0.5) is 4.39 Å². The lowest BCUT2D eigenvalue weighted by atomic mass is 10.1. The van der Waals surface area contributed by atoms with E-state index in [1.54, 1.807) is 18.6 Å². The molecule has 25 heavy (non-hydrogen) atoms. The lowest BCUT2D eigenvalue weighted by Gasteiger charge is -2.10. The number of nitrogens with zero attached hydrogens (tertiary/aromatic N) is 2. The summed E-state index contributed by atoms with van der Waals surface area (Å²) in [5, 5.41) is 2.79. The Bertz CT molecular complexity index is 839. The molecule has 1 amide bonds. The summed E-state index contributed by atoms with van der Waals surface area (Å²) in [5.74, 6) is -0.185. The van der Waals surface area contributed by atoms with E-state index >= 15 is 0 Å². The molecule has 0 spiro atoms. The SMILES string of the molecule is O=C(COc1ccc(F)cc1)NCc1cccnc1-c1cccnc1. The third-order valence-corrected chi connectivity index (χ3v) is 3.49. The molecule has 126 valence electrons. The summed E-state index contributed by atoms with van der Waals surface area (Å²) in [6.45, 7) is 0.178. The molecule has 0 aliphatic heterocycles. The van der Waals surface area contributed by atoms with E-state index < -0.39 is 0 Å². The van der Waals surface area contributed by atoms with Crippen molar-refractivity contribution in [3.63, 3.8) is 0 Å². The third kappa shape index (κ3) is 4.60. The Balaban J connectivity index is 1.58. The second-order valence-corrected chi connectivity index (χ2v) is 5.27. The summed E-state index contributed by atoms with van der Waals surface area (Å²) < 4.78 is 18.1. The predicted molar refractivity (Wildman–Crippen MR) is 91.2 cm³/mol. The van der Waals surface area contributed by atoms with Crippen molar-refractivity contribution in [2.75, 3.05) is 6.61 Å². The summed E-state index contributed by atoms with van der Waals surface area (Å²) in [4.78, 5) is 20.4. The quantitative estimate of drug-likeness (QED) is 0.751. The Morgan fingerprint density at radius 3 is 2.64 bits per heavy atom. The van der Waals surface area contributed by atoms with Gasteiger partial charge in [-0.1, -0.05) is 6.07 Å². The van der Waals surface area contributed by atoms with Crippen molar-refractivity contribution >= 4 is 5.91 Å². The van der Waals surface area contributed by atoms with Gasteiger partial charge in [-0.2, -0.15) is 0 Å². The summed E-state index contributed by atoms with van der Waals surface area (Å²) in [6.07, 6.45) is 5.12. The van der Waals surface area contributed by atoms with Gasteiger partial charge in [0.1, 0.15) is 11.6 Å². The fourth-order valence-corrected chi connectivity index (χ4v) is 2.27. The molecular weight excluding hydrogens is 321 g/mol. The highest BCUT2D eigenvalue weighted by molar-refractivity contribution is 5.77. The van der Waals surface area contributed by atoms with E-state index in [0.717, 1.165) is 16.8 Å². The maximum absolute atomic E-state index is 12.8. The fourth-order valence-electron chi connectivity index (χ4n) is 2.27. The minimum Gasteiger partial charge on any atom is -0.484 e. The molecule has 1 aromatic carbocycles. The van der Waals surface area contributed by atoms with Crippen LogP contribution in [0, 0.1) is 5.82 Å². The van der Waals surface area contributed by atoms with Crippen molar-refractivity contribution in [2.45, 2.75) is 6.54 Å². The average Bonchev–Trinajstić information content (AvgIpc) is 2.67. The Labute approximate surface area is 144 Å². The second kappa shape index (κ2) is 8.01. The molecular formula is C19H16FN3O2. The Morgan fingerprint density at radius 2 is 1.88 bits per heavy atom. The van der Waals surface area contributed by atoms with Gasteiger partial charge in [-0.15, -0.1) is 0 Å². The lowest BCUT2D eigenvalue weighted by molar-refractivity contribution is -0.123. The van der Waals surface area contributed by atoms with Crippen LogP contribution >= 0.6 is 0 Å². The van der Waals surface area contributed by atoms with Crippen LogP contribution in [0.5, 0.6) is 5.75 Å². The van der Waals surface area contributed by atoms with Crippen LogP contribution < -0.4 is 10.1 Å². The van der Waals surface area contributed by atoms with E-state index in [-0.39, 0.29) is 18.3 Å². The van der Waals surface area contributed by atoms with E-state index in [2.05, 4.69) is 15.3 Å². The summed E-state index contributed by atoms with van der Waals surface area (Å²) in [5.41, 5.74) is 2.54. The molecule has 0 saturated carbocycles. The molecule has 0 aliphatic rings. The second-order valence-electron chi connectivity index (χ2n) is 5.27. The maximum Gasteiger partial charge on any atom is 0.258 e. The highest BCUT2D eigenvalue weighted by Gasteiger charge is 2.08. The molecule has 0 radical (unpaired) electrons. The molecule has 1 N–H and O–H groups in total. The number of ether oxygens (including phenoxy) is 1. The largest absolute Gasteiger partial charge is 0.484 e. The monoisotopic (exact) mass is 337 g/mol. The van der Waals surface area contributed by atoms with E-state index in [4.69, 9.17) is 4.74 Å². The van der Waals surface area contributed by atoms with Gasteiger partial charge >= 0.3 is 0 Å². The Morgan fingerprint density at radius 1 is 1.08 bits per heavy atom. The zero-order valence-corrected chi connectivity index (χ0v) is 13.4. The molecule has 2 heterocycles. The average molecular weight is 337 g/mol. The molecule has 0 saturated heterocycles. The molecule has 2 aromatic heterocycles. The highest BCUT2D eigenvalue weighted by Crippen LogP contribution is 2.19. The molecule has 3 rings (SSSR count). The smallest absolute Gasteiger partial charge is 0.258 e. The van der Waals surface area contributed by atoms with Crippen LogP contribution in [0.2, 0.25) is 0 Å². The summed E-state index contributed by atoms with van der Waals surface area (Å²) >= 11 is 0. The number of carbonyl (C=O) groups excluding carboxylic acids is 1. The van der Waals surface area contributed by atoms with Gasteiger partial charge in [0.15, 0.2) is 6.61 Å². The zero-order valence-electron chi connectivity index (χ0n) is 13.4. The fraction of sp³-hybridized carbons (Fsp3) is 0.105. The third-order valence-electron chi connectivity index (χ3n) is 3.49. The molecule has 6 heteroatoms. The molecule has 5 nitrogen and oxygen atoms in total. The molecule has 3 aromatic rings. The number of nitrogens with one attached hydrogen (secondary N) is 1. The van der Waals surface area contributed by atoms with E-state index in [0.29, 0.717) is 12.3 Å². The maximum atomic E-state index is 12.8. The lowest BCUT2D eigenvalue weighted by Crippen LogP contribution is -2.28. The van der Waals surface area contributed by atoms with Gasteiger partial charge in [0.25, 0.3) is 5.91 Å². The van der Waals surface area contributed by atoms with Crippen molar-refractivity contribution in [1.29, 1.82) is 0 Å². The zero-order chi connectivity index (χ0) is 17.5. The first-order valence-corrected chi connectivity index (χ1v) is 7.72. The van der Waals surface area contributed by atoms with Crippen molar-refractivity contribution in [3.8, 4) is 17.0 Å². The number of benzene rings is 1. The van der Waals surface area contributed by atoms with Gasteiger partial charge in [0.2, 0.25) is 0 Å². The van der Waals surface area contributed by atoms with Crippen molar-refractivity contribution < 1.29 is 13.9 Å². The number of hydrogen-bond donors (Lipinski definition) is 1. The van der Waals surface area contributed by atoms with Gasteiger partial charge in [-0.05, 0) is 48.0 Å². The molecule has 0 atom stereocenters. The van der Waals surface area contributed by atoms with E-state index in [1.165, 1.54) is 24.3 Å². The predicted octanol–water partition coefficient (Wildman–Crippen LogP) is 2.98. The molecule has 0 unspecified atom stereocenters. The van der Waals surface area contributed by atoms with Crippen molar-refractivity contribution in [1.82, 2.24) is 15.3 Å². The van der Waals surface area contributed by atoms with Crippen LogP contribution in [0.3, 0.4) is 0 Å². The molecule has 0 aliphatic carbocycles. The Hall–Kier alpha value is -3.28. The standard InChI is InChI=1S/C19H16FN3O2/c20-16-5-7-17(8-6-16)25-13-18(24)23-12-15-4-2-10-22-19(15)14-3-1-9-21-11-14/h1-11H,12-13H2,(H,23,24). The topological polar surface area (TPSA) is 64.1 Å². The highest BCUT2D eigenvalue weighted by atomic mass is 19.1. The van der Waals surface area contributed by atoms with Crippen LogP contribution in [0.15, 0.2) is 67.1 Å². The van der Waals surface area contributed by atoms with Gasteiger partial charge < -0.3 is 10.1 Å². The first-order chi connectivity index (χ1) is 12.2. The number of hydrogen-bond acceptors (Lipinski definition) is 4. The van der Waals surface area contributed by atoms with Gasteiger partial charge in [-0.25, -0.2) is 4.39 Å². The van der Waals surface area contributed by atoms with Crippen LogP contribution in [0.25, 0.3) is 11.3 Å². The number of rotatable bonds is 6. The number of amides is 1. The van der Waals surface area contributed by atoms with Crippen molar-refractivity contribution in [3.05, 3.63) is 78.5 Å². The minimum atomic E-state index is -0.351. The number of halogens is 1. The first-order valence-electron chi connectivity index (χ1n) is 7.72. The first kappa shape index (κ1) is 16.6. The molecule has 0 fully saturated rings.